The van der Waals surface area contributed by atoms with E-state index in [0.29, 0.717) is 23.2 Å². The SMILES string of the molecule is Cc1cc(Cl)cc(Cl)c1CNC(=O)C1CCC2(CO2)c2ncccc21. The van der Waals surface area contributed by atoms with Gasteiger partial charge in [0.2, 0.25) is 5.91 Å². The van der Waals surface area contributed by atoms with Crippen molar-refractivity contribution in [3.8, 4) is 0 Å². The maximum atomic E-state index is 12.8. The Bertz CT molecular complexity index is 826. The highest BCUT2D eigenvalue weighted by molar-refractivity contribution is 6.35. The van der Waals surface area contributed by atoms with Gasteiger partial charge in [-0.05, 0) is 54.7 Å². The Kier molecular flexibility index (Phi) is 4.22. The number of aromatic nitrogens is 1. The summed E-state index contributed by atoms with van der Waals surface area (Å²) in [6.45, 7) is 3.02. The summed E-state index contributed by atoms with van der Waals surface area (Å²) in [5.41, 5.74) is 3.51. The minimum Gasteiger partial charge on any atom is -0.363 e. The lowest BCUT2D eigenvalue weighted by molar-refractivity contribution is -0.123. The van der Waals surface area contributed by atoms with Gasteiger partial charge in [-0.15, -0.1) is 0 Å². The fourth-order valence-corrected chi connectivity index (χ4v) is 4.29. The highest BCUT2D eigenvalue weighted by Crippen LogP contribution is 2.50. The van der Waals surface area contributed by atoms with Crippen molar-refractivity contribution in [2.24, 2.45) is 0 Å². The van der Waals surface area contributed by atoms with Crippen LogP contribution in [0.1, 0.15) is 41.1 Å². The van der Waals surface area contributed by atoms with Gasteiger partial charge in [0.05, 0.1) is 18.2 Å². The zero-order chi connectivity index (χ0) is 17.6. The Balaban J connectivity index is 1.53. The van der Waals surface area contributed by atoms with E-state index in [-0.39, 0.29) is 17.4 Å². The second-order valence-electron chi connectivity index (χ2n) is 6.72. The zero-order valence-electron chi connectivity index (χ0n) is 13.8. The average molecular weight is 377 g/mol. The monoisotopic (exact) mass is 376 g/mol. The molecule has 0 bridgehead atoms. The minimum absolute atomic E-state index is 0.00448. The summed E-state index contributed by atoms with van der Waals surface area (Å²) < 4.78 is 5.64. The molecule has 0 radical (unpaired) electrons. The highest BCUT2D eigenvalue weighted by atomic mass is 35.5. The molecule has 1 fully saturated rings. The number of epoxide rings is 1. The van der Waals surface area contributed by atoms with E-state index in [4.69, 9.17) is 27.9 Å². The number of halogens is 2. The molecule has 1 aliphatic carbocycles. The minimum atomic E-state index is -0.247. The van der Waals surface area contributed by atoms with Crippen LogP contribution in [-0.4, -0.2) is 17.5 Å². The van der Waals surface area contributed by atoms with Crippen LogP contribution in [0.4, 0.5) is 0 Å². The number of rotatable bonds is 3. The van der Waals surface area contributed by atoms with Crippen molar-refractivity contribution in [2.75, 3.05) is 6.61 Å². The standard InChI is InChI=1S/C19H18Cl2N2O2/c1-11-7-12(20)8-16(21)15(11)9-23-18(24)14-4-5-19(10-25-19)17-13(14)3-2-6-22-17/h2-3,6-8,14H,4-5,9-10H2,1H3,(H,23,24). The van der Waals surface area contributed by atoms with E-state index < -0.39 is 0 Å². The zero-order valence-corrected chi connectivity index (χ0v) is 15.3. The lowest BCUT2D eigenvalue weighted by Crippen LogP contribution is -2.34. The van der Waals surface area contributed by atoms with Crippen LogP contribution in [0, 0.1) is 6.92 Å². The van der Waals surface area contributed by atoms with E-state index in [1.165, 1.54) is 0 Å². The number of aryl methyl sites for hydroxylation is 1. The third-order valence-electron chi connectivity index (χ3n) is 5.11. The fraction of sp³-hybridized carbons (Fsp3) is 0.368. The predicted octanol–water partition coefficient (Wildman–Crippen LogP) is 4.12. The molecule has 1 spiro atoms. The molecule has 2 heterocycles. The van der Waals surface area contributed by atoms with Crippen molar-refractivity contribution in [1.82, 2.24) is 10.3 Å². The van der Waals surface area contributed by atoms with Crippen molar-refractivity contribution < 1.29 is 9.53 Å². The van der Waals surface area contributed by atoms with E-state index in [1.54, 1.807) is 12.3 Å². The molecular formula is C19H18Cl2N2O2. The molecule has 0 saturated carbocycles. The lowest BCUT2D eigenvalue weighted by Gasteiger charge is -2.28. The first kappa shape index (κ1) is 16.8. The van der Waals surface area contributed by atoms with Gasteiger partial charge in [0.25, 0.3) is 0 Å². The number of pyridine rings is 1. The van der Waals surface area contributed by atoms with Gasteiger partial charge >= 0.3 is 0 Å². The molecule has 1 aromatic carbocycles. The fourth-order valence-electron chi connectivity index (χ4n) is 3.63. The number of nitrogens with one attached hydrogen (secondary N) is 1. The van der Waals surface area contributed by atoms with Crippen LogP contribution in [0.15, 0.2) is 30.5 Å². The Morgan fingerprint density at radius 2 is 2.24 bits per heavy atom. The Morgan fingerprint density at radius 1 is 1.44 bits per heavy atom. The van der Waals surface area contributed by atoms with Gasteiger partial charge in [0, 0.05) is 22.8 Å². The molecule has 4 rings (SSSR count). The van der Waals surface area contributed by atoms with E-state index in [1.807, 2.05) is 25.1 Å². The molecule has 2 atom stereocenters. The van der Waals surface area contributed by atoms with Crippen LogP contribution < -0.4 is 5.32 Å². The van der Waals surface area contributed by atoms with Crippen LogP contribution >= 0.6 is 23.2 Å². The van der Waals surface area contributed by atoms with Gasteiger partial charge in [-0.2, -0.15) is 0 Å². The maximum absolute atomic E-state index is 12.8. The summed E-state index contributed by atoms with van der Waals surface area (Å²) in [6.07, 6.45) is 3.35. The molecule has 25 heavy (non-hydrogen) atoms. The molecule has 2 unspecified atom stereocenters. The Morgan fingerprint density at radius 3 is 2.96 bits per heavy atom. The molecule has 2 aliphatic rings. The quantitative estimate of drug-likeness (QED) is 0.819. The first-order chi connectivity index (χ1) is 12.0. The average Bonchev–Trinajstić information content (AvgIpc) is 3.35. The molecule has 1 amide bonds. The number of carbonyl (C=O) groups is 1. The van der Waals surface area contributed by atoms with E-state index in [0.717, 1.165) is 35.2 Å². The van der Waals surface area contributed by atoms with Crippen molar-refractivity contribution in [1.29, 1.82) is 0 Å². The number of hydrogen-bond donors (Lipinski definition) is 1. The topological polar surface area (TPSA) is 54.5 Å². The van der Waals surface area contributed by atoms with Gasteiger partial charge in [-0.1, -0.05) is 29.3 Å². The normalized spacial score (nSPS) is 24.0. The van der Waals surface area contributed by atoms with E-state index in [2.05, 4.69) is 10.3 Å². The van der Waals surface area contributed by atoms with Gasteiger partial charge in [0.15, 0.2) is 0 Å². The highest BCUT2D eigenvalue weighted by Gasteiger charge is 2.53. The Hall–Kier alpha value is -1.62. The third-order valence-corrected chi connectivity index (χ3v) is 5.67. The summed E-state index contributed by atoms with van der Waals surface area (Å²) >= 11 is 12.3. The molecule has 1 aliphatic heterocycles. The van der Waals surface area contributed by atoms with Crippen molar-refractivity contribution in [3.05, 3.63) is 62.9 Å². The number of fused-ring (bicyclic) bond motifs is 2. The van der Waals surface area contributed by atoms with Crippen LogP contribution in [-0.2, 0) is 21.7 Å². The molecular weight excluding hydrogens is 359 g/mol. The number of hydrogen-bond acceptors (Lipinski definition) is 3. The van der Waals surface area contributed by atoms with Gasteiger partial charge in [-0.3, -0.25) is 9.78 Å². The molecule has 1 aromatic heterocycles. The first-order valence-electron chi connectivity index (χ1n) is 8.32. The van der Waals surface area contributed by atoms with Gasteiger partial charge in [0.1, 0.15) is 5.60 Å². The van der Waals surface area contributed by atoms with Crippen molar-refractivity contribution >= 4 is 29.1 Å². The Labute approximate surface area is 156 Å². The van der Waals surface area contributed by atoms with Gasteiger partial charge in [-0.25, -0.2) is 0 Å². The second kappa shape index (κ2) is 6.27. The number of benzene rings is 1. The van der Waals surface area contributed by atoms with Crippen molar-refractivity contribution in [2.45, 2.75) is 37.8 Å². The summed E-state index contributed by atoms with van der Waals surface area (Å²) in [5, 5.41) is 4.19. The molecule has 2 aromatic rings. The maximum Gasteiger partial charge on any atom is 0.227 e. The second-order valence-corrected chi connectivity index (χ2v) is 7.56. The van der Waals surface area contributed by atoms with Crippen LogP contribution in [0.3, 0.4) is 0 Å². The van der Waals surface area contributed by atoms with E-state index in [9.17, 15) is 4.79 Å². The molecule has 6 heteroatoms. The third kappa shape index (κ3) is 3.03. The number of nitrogens with zero attached hydrogens (tertiary/aromatic N) is 1. The summed E-state index contributed by atoms with van der Waals surface area (Å²) in [7, 11) is 0. The predicted molar refractivity (Wildman–Crippen MR) is 96.9 cm³/mol. The first-order valence-corrected chi connectivity index (χ1v) is 9.07. The summed E-state index contributed by atoms with van der Waals surface area (Å²) in [5.74, 6) is -0.208. The lowest BCUT2D eigenvalue weighted by atomic mass is 9.79. The summed E-state index contributed by atoms with van der Waals surface area (Å²) in [6, 6.07) is 7.41. The number of ether oxygens (including phenoxy) is 1. The molecule has 1 saturated heterocycles. The summed E-state index contributed by atoms with van der Waals surface area (Å²) in [4.78, 5) is 17.3. The number of amides is 1. The van der Waals surface area contributed by atoms with E-state index >= 15 is 0 Å². The van der Waals surface area contributed by atoms with Crippen LogP contribution in [0.2, 0.25) is 10.0 Å². The molecule has 1 N–H and O–H groups in total. The molecule has 130 valence electrons. The van der Waals surface area contributed by atoms with Gasteiger partial charge < -0.3 is 10.1 Å². The number of carbonyl (C=O) groups excluding carboxylic acids is 1. The molecule has 4 nitrogen and oxygen atoms in total. The van der Waals surface area contributed by atoms with Crippen molar-refractivity contribution in [3.63, 3.8) is 0 Å². The van der Waals surface area contributed by atoms with Crippen LogP contribution in [0.25, 0.3) is 0 Å². The largest absolute Gasteiger partial charge is 0.363 e. The smallest absolute Gasteiger partial charge is 0.227 e. The van der Waals surface area contributed by atoms with Crippen LogP contribution in [0.5, 0.6) is 0 Å².